The molecule has 0 fully saturated rings. The third-order valence-electron chi connectivity index (χ3n) is 5.95. The lowest BCUT2D eigenvalue weighted by Crippen LogP contribution is -1.87. The van der Waals surface area contributed by atoms with E-state index in [0.717, 1.165) is 22.5 Å². The number of allylic oxidation sites excluding steroid dienone is 1. The first-order valence-corrected chi connectivity index (χ1v) is 11.5. The summed E-state index contributed by atoms with van der Waals surface area (Å²) in [6.45, 7) is 4.33. The number of aryl methyl sites for hydroxylation is 1. The van der Waals surface area contributed by atoms with Crippen LogP contribution in [-0.2, 0) is 6.42 Å². The second-order valence-electron chi connectivity index (χ2n) is 8.26. The van der Waals surface area contributed by atoms with E-state index in [1.807, 2.05) is 12.1 Å². The molecule has 0 atom stereocenters. The normalized spacial score (nSPS) is 11.8. The molecule has 1 heterocycles. The van der Waals surface area contributed by atoms with Crippen LogP contribution in [0.15, 0.2) is 71.2 Å². The molecule has 4 aromatic rings. The van der Waals surface area contributed by atoms with E-state index in [2.05, 4.69) is 74.5 Å². The topological polar surface area (TPSA) is 13.1 Å². The molecule has 4 rings (SSSR count). The Morgan fingerprint density at radius 1 is 0.800 bits per heavy atom. The number of para-hydroxylation sites is 1. The third kappa shape index (κ3) is 4.51. The second kappa shape index (κ2) is 9.80. The summed E-state index contributed by atoms with van der Waals surface area (Å²) in [7, 11) is 0. The zero-order valence-electron chi connectivity index (χ0n) is 18.3. The van der Waals surface area contributed by atoms with Crippen molar-refractivity contribution in [1.29, 1.82) is 0 Å². The van der Waals surface area contributed by atoms with Crippen molar-refractivity contribution in [2.75, 3.05) is 0 Å². The molecular weight excluding hydrogens is 364 g/mol. The Bertz CT molecular complexity index is 1150. The van der Waals surface area contributed by atoms with Crippen LogP contribution in [0.1, 0.15) is 63.5 Å². The maximum absolute atomic E-state index is 6.25. The monoisotopic (exact) mass is 396 g/mol. The number of unbranched alkanes of at least 4 members (excludes halogenated alkanes) is 5. The molecule has 0 unspecified atom stereocenters. The van der Waals surface area contributed by atoms with E-state index in [4.69, 9.17) is 4.42 Å². The second-order valence-corrected chi connectivity index (χ2v) is 8.26. The molecule has 1 aromatic heterocycles. The minimum absolute atomic E-state index is 0.940. The molecule has 154 valence electrons. The minimum Gasteiger partial charge on any atom is -0.455 e. The molecule has 30 heavy (non-hydrogen) atoms. The van der Waals surface area contributed by atoms with Gasteiger partial charge >= 0.3 is 0 Å². The van der Waals surface area contributed by atoms with Gasteiger partial charge in [0.05, 0.1) is 0 Å². The summed E-state index contributed by atoms with van der Waals surface area (Å²) in [6, 6.07) is 21.9. The molecule has 1 heteroatoms. The van der Waals surface area contributed by atoms with E-state index in [-0.39, 0.29) is 0 Å². The molecule has 0 saturated heterocycles. The predicted molar refractivity (Wildman–Crippen MR) is 131 cm³/mol. The van der Waals surface area contributed by atoms with Crippen molar-refractivity contribution >= 4 is 27.8 Å². The van der Waals surface area contributed by atoms with Gasteiger partial charge in [-0.2, -0.15) is 0 Å². The predicted octanol–water partition coefficient (Wildman–Crippen LogP) is 9.19. The fourth-order valence-corrected chi connectivity index (χ4v) is 4.31. The van der Waals surface area contributed by atoms with Crippen molar-refractivity contribution < 1.29 is 4.42 Å². The number of hydrogen-bond donors (Lipinski definition) is 0. The van der Waals surface area contributed by atoms with Crippen LogP contribution in [0.4, 0.5) is 0 Å². The molecular formula is C29H32O. The Hall–Kier alpha value is -2.80. The van der Waals surface area contributed by atoms with Gasteiger partial charge in [-0.15, -0.1) is 0 Å². The van der Waals surface area contributed by atoms with Gasteiger partial charge in [0.2, 0.25) is 0 Å². The van der Waals surface area contributed by atoms with E-state index in [1.165, 1.54) is 66.7 Å². The van der Waals surface area contributed by atoms with Gasteiger partial charge < -0.3 is 4.42 Å². The molecule has 0 saturated carbocycles. The maximum atomic E-state index is 6.25. The van der Waals surface area contributed by atoms with E-state index >= 15 is 0 Å². The molecule has 0 aliphatic heterocycles. The standard InChI is InChI=1S/C29H32O/c1-3-5-6-7-8-9-13-22-16-17-24-21-25(19-18-23(24)20-22)29-27(12-4-2)26-14-10-11-15-28(26)30-29/h4,10-12,14-21H,3,5-9,13H2,1-2H3. The van der Waals surface area contributed by atoms with E-state index < -0.39 is 0 Å². The van der Waals surface area contributed by atoms with E-state index in [9.17, 15) is 0 Å². The van der Waals surface area contributed by atoms with Crippen molar-refractivity contribution in [2.45, 2.75) is 58.8 Å². The van der Waals surface area contributed by atoms with Crippen LogP contribution in [0.5, 0.6) is 0 Å². The molecule has 0 radical (unpaired) electrons. The Balaban J connectivity index is 1.56. The SMILES string of the molecule is CC=Cc1c(-c2ccc3cc(CCCCCCCC)ccc3c2)oc2ccccc12. The van der Waals surface area contributed by atoms with Gasteiger partial charge in [0.25, 0.3) is 0 Å². The van der Waals surface area contributed by atoms with Gasteiger partial charge in [-0.25, -0.2) is 0 Å². The highest BCUT2D eigenvalue weighted by Gasteiger charge is 2.14. The van der Waals surface area contributed by atoms with Crippen molar-refractivity contribution in [2.24, 2.45) is 0 Å². The lowest BCUT2D eigenvalue weighted by molar-refractivity contribution is 0.607. The average Bonchev–Trinajstić information content (AvgIpc) is 3.14. The van der Waals surface area contributed by atoms with E-state index in [1.54, 1.807) is 0 Å². The summed E-state index contributed by atoms with van der Waals surface area (Å²) in [6.07, 6.45) is 13.5. The summed E-state index contributed by atoms with van der Waals surface area (Å²) >= 11 is 0. The number of hydrogen-bond acceptors (Lipinski definition) is 1. The Kier molecular flexibility index (Phi) is 6.69. The molecule has 3 aromatic carbocycles. The highest BCUT2D eigenvalue weighted by Crippen LogP contribution is 2.36. The zero-order valence-corrected chi connectivity index (χ0v) is 18.3. The van der Waals surface area contributed by atoms with Gasteiger partial charge in [-0.05, 0) is 48.2 Å². The summed E-state index contributed by atoms with van der Waals surface area (Å²) in [5, 5.41) is 3.75. The summed E-state index contributed by atoms with van der Waals surface area (Å²) < 4.78 is 6.25. The number of furan rings is 1. The maximum Gasteiger partial charge on any atom is 0.142 e. The lowest BCUT2D eigenvalue weighted by atomic mass is 9.98. The summed E-state index contributed by atoms with van der Waals surface area (Å²) in [4.78, 5) is 0. The smallest absolute Gasteiger partial charge is 0.142 e. The highest BCUT2D eigenvalue weighted by molar-refractivity contribution is 5.96. The molecule has 1 nitrogen and oxygen atoms in total. The van der Waals surface area contributed by atoms with Crippen LogP contribution in [0.25, 0.3) is 39.1 Å². The number of benzene rings is 3. The van der Waals surface area contributed by atoms with Crippen molar-refractivity contribution in [3.05, 3.63) is 77.9 Å². The lowest BCUT2D eigenvalue weighted by Gasteiger charge is -2.06. The largest absolute Gasteiger partial charge is 0.455 e. The van der Waals surface area contributed by atoms with E-state index in [0.29, 0.717) is 0 Å². The van der Waals surface area contributed by atoms with Gasteiger partial charge in [-0.1, -0.05) is 99.7 Å². The van der Waals surface area contributed by atoms with Crippen LogP contribution in [-0.4, -0.2) is 0 Å². The van der Waals surface area contributed by atoms with Crippen LogP contribution in [0.3, 0.4) is 0 Å². The summed E-state index contributed by atoms with van der Waals surface area (Å²) in [5.74, 6) is 0.951. The Morgan fingerprint density at radius 3 is 2.43 bits per heavy atom. The molecule has 0 aliphatic carbocycles. The van der Waals surface area contributed by atoms with Crippen LogP contribution < -0.4 is 0 Å². The van der Waals surface area contributed by atoms with Gasteiger partial charge in [-0.3, -0.25) is 0 Å². The zero-order chi connectivity index (χ0) is 20.8. The first-order valence-electron chi connectivity index (χ1n) is 11.5. The quantitative estimate of drug-likeness (QED) is 0.257. The highest BCUT2D eigenvalue weighted by atomic mass is 16.3. The number of fused-ring (bicyclic) bond motifs is 2. The third-order valence-corrected chi connectivity index (χ3v) is 5.95. The molecule has 0 N–H and O–H groups in total. The molecule has 0 aliphatic rings. The van der Waals surface area contributed by atoms with Crippen molar-refractivity contribution in [3.8, 4) is 11.3 Å². The average molecular weight is 397 g/mol. The van der Waals surface area contributed by atoms with Crippen LogP contribution in [0, 0.1) is 0 Å². The number of rotatable bonds is 9. The fourth-order valence-electron chi connectivity index (χ4n) is 4.31. The van der Waals surface area contributed by atoms with Crippen LogP contribution in [0.2, 0.25) is 0 Å². The Labute approximate surface area is 180 Å². The van der Waals surface area contributed by atoms with Gasteiger partial charge in [0.15, 0.2) is 0 Å². The van der Waals surface area contributed by atoms with Crippen molar-refractivity contribution in [3.63, 3.8) is 0 Å². The first kappa shape index (κ1) is 20.5. The molecule has 0 bridgehead atoms. The first-order chi connectivity index (χ1) is 14.8. The minimum atomic E-state index is 0.940. The van der Waals surface area contributed by atoms with Gasteiger partial charge in [0.1, 0.15) is 11.3 Å². The summed E-state index contributed by atoms with van der Waals surface area (Å²) in [5.41, 5.74) is 4.68. The molecule has 0 spiro atoms. The fraction of sp³-hybridized carbons (Fsp3) is 0.310. The van der Waals surface area contributed by atoms with Gasteiger partial charge in [0, 0.05) is 16.5 Å². The van der Waals surface area contributed by atoms with Crippen molar-refractivity contribution in [1.82, 2.24) is 0 Å². The van der Waals surface area contributed by atoms with Crippen LogP contribution >= 0.6 is 0 Å². The molecule has 0 amide bonds. The Morgan fingerprint density at radius 2 is 1.57 bits per heavy atom.